The summed E-state index contributed by atoms with van der Waals surface area (Å²) in [6, 6.07) is 8.46. The van der Waals surface area contributed by atoms with Gasteiger partial charge in [0.1, 0.15) is 11.5 Å². The molecule has 0 spiro atoms. The van der Waals surface area contributed by atoms with Gasteiger partial charge in [-0.05, 0) is 73.4 Å². The smallest absolute Gasteiger partial charge is 0.269 e. The molecule has 176 valence electrons. The van der Waals surface area contributed by atoms with Crippen molar-refractivity contribution >= 4 is 34.1 Å². The van der Waals surface area contributed by atoms with Crippen molar-refractivity contribution < 1.29 is 9.59 Å². The van der Waals surface area contributed by atoms with Crippen molar-refractivity contribution in [1.82, 2.24) is 20.2 Å². The van der Waals surface area contributed by atoms with Gasteiger partial charge in [0.15, 0.2) is 0 Å². The lowest BCUT2D eigenvalue weighted by atomic mass is 9.84. The largest absolute Gasteiger partial charge is 0.354 e. The Labute approximate surface area is 200 Å². The van der Waals surface area contributed by atoms with E-state index in [4.69, 9.17) is 4.98 Å². The number of hydrogen-bond acceptors (Lipinski definition) is 5. The first kappa shape index (κ1) is 22.3. The standard InChI is InChI=1S/C27H31N5O2/c1-17-13-25-20(14-23(17)19-7-11-31(12-8-19)18(2)33)5-4-10-32(25)26-22-6-9-29-16-21(22)15-24(30-26)27(34)28-3/h6,9,13-16,19H,4-5,7-8,10-12H2,1-3H3,(H,28,34). The fourth-order valence-corrected chi connectivity index (χ4v) is 5.45. The second kappa shape index (κ2) is 9.05. The van der Waals surface area contributed by atoms with E-state index in [1.165, 1.54) is 22.4 Å². The van der Waals surface area contributed by atoms with Crippen molar-refractivity contribution in [1.29, 1.82) is 0 Å². The minimum Gasteiger partial charge on any atom is -0.354 e. The molecule has 0 atom stereocenters. The lowest BCUT2D eigenvalue weighted by Crippen LogP contribution is -2.36. The molecule has 2 aliphatic rings. The maximum Gasteiger partial charge on any atom is 0.269 e. The monoisotopic (exact) mass is 457 g/mol. The number of aryl methyl sites for hydroxylation is 2. The highest BCUT2D eigenvalue weighted by Crippen LogP contribution is 2.40. The number of likely N-dealkylation sites (tertiary alicyclic amines) is 1. The fourth-order valence-electron chi connectivity index (χ4n) is 5.45. The molecule has 5 rings (SSSR count). The van der Waals surface area contributed by atoms with Crippen LogP contribution in [0.2, 0.25) is 0 Å². The number of rotatable bonds is 3. The van der Waals surface area contributed by atoms with E-state index in [2.05, 4.69) is 34.3 Å². The van der Waals surface area contributed by atoms with Crippen molar-refractivity contribution in [2.24, 2.45) is 0 Å². The highest BCUT2D eigenvalue weighted by molar-refractivity contribution is 6.01. The quantitative estimate of drug-likeness (QED) is 0.640. The lowest BCUT2D eigenvalue weighted by Gasteiger charge is -2.35. The van der Waals surface area contributed by atoms with Gasteiger partial charge in [0.05, 0.1) is 0 Å². The van der Waals surface area contributed by atoms with E-state index in [-0.39, 0.29) is 11.8 Å². The van der Waals surface area contributed by atoms with Crippen LogP contribution < -0.4 is 10.2 Å². The summed E-state index contributed by atoms with van der Waals surface area (Å²) in [6.07, 6.45) is 7.64. The molecular weight excluding hydrogens is 426 g/mol. The van der Waals surface area contributed by atoms with Crippen LogP contribution in [-0.4, -0.2) is 53.4 Å². The molecule has 7 heteroatoms. The number of carbonyl (C=O) groups is 2. The van der Waals surface area contributed by atoms with Crippen LogP contribution in [0.25, 0.3) is 10.8 Å². The Bertz CT molecular complexity index is 1260. The molecule has 34 heavy (non-hydrogen) atoms. The minimum atomic E-state index is -0.201. The van der Waals surface area contributed by atoms with Crippen LogP contribution in [0.15, 0.2) is 36.7 Å². The second-order valence-corrected chi connectivity index (χ2v) is 9.38. The zero-order valence-corrected chi connectivity index (χ0v) is 20.1. The van der Waals surface area contributed by atoms with Gasteiger partial charge in [0.2, 0.25) is 5.91 Å². The van der Waals surface area contributed by atoms with Gasteiger partial charge in [0.25, 0.3) is 5.91 Å². The number of fused-ring (bicyclic) bond motifs is 2. The number of pyridine rings is 2. The third-order valence-electron chi connectivity index (χ3n) is 7.29. The molecule has 2 amide bonds. The average Bonchev–Trinajstić information content (AvgIpc) is 2.87. The number of anilines is 2. The first-order chi connectivity index (χ1) is 16.5. The van der Waals surface area contributed by atoms with E-state index in [9.17, 15) is 9.59 Å². The van der Waals surface area contributed by atoms with Crippen molar-refractivity contribution in [3.05, 3.63) is 59.0 Å². The van der Waals surface area contributed by atoms with Gasteiger partial charge in [0, 0.05) is 62.5 Å². The number of amides is 2. The molecule has 0 saturated carbocycles. The first-order valence-corrected chi connectivity index (χ1v) is 12.1. The molecule has 7 nitrogen and oxygen atoms in total. The maximum absolute atomic E-state index is 12.4. The molecule has 0 bridgehead atoms. The minimum absolute atomic E-state index is 0.171. The van der Waals surface area contributed by atoms with E-state index in [0.717, 1.165) is 61.9 Å². The third kappa shape index (κ3) is 4.00. The SMILES string of the molecule is CNC(=O)c1cc2cnccc2c(N2CCCc3cc(C4CCN(C(C)=O)CC4)c(C)cc32)n1. The topological polar surface area (TPSA) is 78.4 Å². The predicted octanol–water partition coefficient (Wildman–Crippen LogP) is 4.11. The number of carbonyl (C=O) groups excluding carboxylic acids is 2. The van der Waals surface area contributed by atoms with Crippen LogP contribution in [-0.2, 0) is 11.2 Å². The fraction of sp³-hybridized carbons (Fsp3) is 0.407. The second-order valence-electron chi connectivity index (χ2n) is 9.38. The number of piperidine rings is 1. The summed E-state index contributed by atoms with van der Waals surface area (Å²) in [4.78, 5) is 37.5. The van der Waals surface area contributed by atoms with Crippen LogP contribution >= 0.6 is 0 Å². The molecule has 2 aliphatic heterocycles. The number of nitrogens with one attached hydrogen (secondary N) is 1. The molecule has 2 aromatic heterocycles. The van der Waals surface area contributed by atoms with Crippen LogP contribution in [0.1, 0.15) is 59.3 Å². The molecule has 1 N–H and O–H groups in total. The molecular formula is C27H31N5O2. The zero-order valence-electron chi connectivity index (χ0n) is 20.1. The van der Waals surface area contributed by atoms with Gasteiger partial charge >= 0.3 is 0 Å². The number of aromatic nitrogens is 2. The summed E-state index contributed by atoms with van der Waals surface area (Å²) in [5.41, 5.74) is 5.59. The molecule has 1 fully saturated rings. The Morgan fingerprint density at radius 3 is 2.65 bits per heavy atom. The van der Waals surface area contributed by atoms with Crippen LogP contribution in [0.4, 0.5) is 11.5 Å². The Morgan fingerprint density at radius 2 is 1.91 bits per heavy atom. The number of hydrogen-bond donors (Lipinski definition) is 1. The average molecular weight is 458 g/mol. The normalized spacial score (nSPS) is 16.4. The van der Waals surface area contributed by atoms with Gasteiger partial charge in [-0.3, -0.25) is 14.6 Å². The predicted molar refractivity (Wildman–Crippen MR) is 134 cm³/mol. The van der Waals surface area contributed by atoms with Crippen molar-refractivity contribution in [2.75, 3.05) is 31.6 Å². The molecule has 0 radical (unpaired) electrons. The van der Waals surface area contributed by atoms with E-state index in [0.29, 0.717) is 11.6 Å². The van der Waals surface area contributed by atoms with Crippen LogP contribution in [0.3, 0.4) is 0 Å². The Hall–Kier alpha value is -3.48. The van der Waals surface area contributed by atoms with Crippen molar-refractivity contribution in [2.45, 2.75) is 45.4 Å². The van der Waals surface area contributed by atoms with E-state index in [1.807, 2.05) is 11.0 Å². The first-order valence-electron chi connectivity index (χ1n) is 12.1. The Kier molecular flexibility index (Phi) is 5.94. The van der Waals surface area contributed by atoms with E-state index < -0.39 is 0 Å². The van der Waals surface area contributed by atoms with Gasteiger partial charge in [-0.15, -0.1) is 0 Å². The molecule has 3 aromatic rings. The molecule has 4 heterocycles. The highest BCUT2D eigenvalue weighted by atomic mass is 16.2. The van der Waals surface area contributed by atoms with Gasteiger partial charge < -0.3 is 15.1 Å². The summed E-state index contributed by atoms with van der Waals surface area (Å²) < 4.78 is 0. The van der Waals surface area contributed by atoms with Crippen LogP contribution in [0, 0.1) is 6.92 Å². The summed E-state index contributed by atoms with van der Waals surface area (Å²) in [5, 5.41) is 4.59. The number of benzene rings is 1. The summed E-state index contributed by atoms with van der Waals surface area (Å²) in [7, 11) is 1.62. The van der Waals surface area contributed by atoms with Crippen LogP contribution in [0.5, 0.6) is 0 Å². The molecule has 0 unspecified atom stereocenters. The number of nitrogens with zero attached hydrogens (tertiary/aromatic N) is 4. The van der Waals surface area contributed by atoms with Crippen molar-refractivity contribution in [3.8, 4) is 0 Å². The maximum atomic E-state index is 12.4. The van der Waals surface area contributed by atoms with Gasteiger partial charge in [-0.25, -0.2) is 4.98 Å². The van der Waals surface area contributed by atoms with Crippen molar-refractivity contribution in [3.63, 3.8) is 0 Å². The van der Waals surface area contributed by atoms with E-state index >= 15 is 0 Å². The molecule has 1 aromatic carbocycles. The third-order valence-corrected chi connectivity index (χ3v) is 7.29. The zero-order chi connectivity index (χ0) is 23.8. The van der Waals surface area contributed by atoms with Gasteiger partial charge in [-0.2, -0.15) is 0 Å². The lowest BCUT2D eigenvalue weighted by molar-refractivity contribution is -0.129. The van der Waals surface area contributed by atoms with E-state index in [1.54, 1.807) is 32.4 Å². The molecule has 1 saturated heterocycles. The Morgan fingerprint density at radius 1 is 1.12 bits per heavy atom. The van der Waals surface area contributed by atoms with Gasteiger partial charge in [-0.1, -0.05) is 6.07 Å². The Balaban J connectivity index is 1.54. The summed E-state index contributed by atoms with van der Waals surface area (Å²) in [6.45, 7) is 6.37. The molecule has 0 aliphatic carbocycles. The summed E-state index contributed by atoms with van der Waals surface area (Å²) in [5.74, 6) is 1.26. The summed E-state index contributed by atoms with van der Waals surface area (Å²) >= 11 is 0. The highest BCUT2D eigenvalue weighted by Gasteiger charge is 2.27.